The Hall–Kier alpha value is -1.36. The Morgan fingerprint density at radius 1 is 1.32 bits per heavy atom. The van der Waals surface area contributed by atoms with Gasteiger partial charge in [-0.15, -0.1) is 0 Å². The Bertz CT molecular complexity index is 402. The van der Waals surface area contributed by atoms with Crippen molar-refractivity contribution in [3.63, 3.8) is 0 Å². The molecule has 1 aliphatic rings. The number of morpholine rings is 1. The molecule has 2 rings (SSSR count). The van der Waals surface area contributed by atoms with Crippen molar-refractivity contribution in [2.45, 2.75) is 27.2 Å². The second kappa shape index (κ2) is 6.70. The van der Waals surface area contributed by atoms with E-state index in [1.165, 1.54) is 0 Å². The molecule has 0 radical (unpaired) electrons. The highest BCUT2D eigenvalue weighted by molar-refractivity contribution is 5.49. The average Bonchev–Trinajstić information content (AvgIpc) is 2.39. The van der Waals surface area contributed by atoms with E-state index in [1.807, 2.05) is 13.0 Å². The number of hydrogen-bond donors (Lipinski definition) is 1. The van der Waals surface area contributed by atoms with E-state index < -0.39 is 0 Å². The van der Waals surface area contributed by atoms with Crippen molar-refractivity contribution in [3.8, 4) is 0 Å². The predicted molar refractivity (Wildman–Crippen MR) is 77.7 cm³/mol. The van der Waals surface area contributed by atoms with E-state index in [-0.39, 0.29) is 0 Å². The van der Waals surface area contributed by atoms with Crippen LogP contribution in [0.4, 0.5) is 11.6 Å². The average molecular weight is 264 g/mol. The number of aryl methyl sites for hydroxylation is 1. The molecule has 0 bridgehead atoms. The van der Waals surface area contributed by atoms with E-state index in [9.17, 15) is 0 Å². The zero-order chi connectivity index (χ0) is 13.7. The summed E-state index contributed by atoms with van der Waals surface area (Å²) in [5.41, 5.74) is 0. The number of anilines is 2. The van der Waals surface area contributed by atoms with Crippen LogP contribution in [0.3, 0.4) is 0 Å². The van der Waals surface area contributed by atoms with E-state index in [0.29, 0.717) is 5.92 Å². The van der Waals surface area contributed by atoms with Crippen molar-refractivity contribution in [1.29, 1.82) is 0 Å². The van der Waals surface area contributed by atoms with Crippen molar-refractivity contribution < 1.29 is 4.74 Å². The number of ether oxygens (including phenoxy) is 1. The van der Waals surface area contributed by atoms with Gasteiger partial charge in [-0.1, -0.05) is 13.8 Å². The lowest BCUT2D eigenvalue weighted by Crippen LogP contribution is -2.37. The molecule has 0 spiro atoms. The lowest BCUT2D eigenvalue weighted by Gasteiger charge is -2.28. The van der Waals surface area contributed by atoms with Crippen LogP contribution in [-0.2, 0) is 4.74 Å². The Labute approximate surface area is 115 Å². The largest absolute Gasteiger partial charge is 0.378 e. The summed E-state index contributed by atoms with van der Waals surface area (Å²) >= 11 is 0. The summed E-state index contributed by atoms with van der Waals surface area (Å²) in [6, 6.07) is 2.04. The molecule has 19 heavy (non-hydrogen) atoms. The maximum absolute atomic E-state index is 5.37. The summed E-state index contributed by atoms with van der Waals surface area (Å²) in [6.07, 6.45) is 1.15. The van der Waals surface area contributed by atoms with E-state index in [0.717, 1.165) is 56.7 Å². The Kier molecular flexibility index (Phi) is 4.96. The second-order valence-electron chi connectivity index (χ2n) is 5.37. The van der Waals surface area contributed by atoms with E-state index in [2.05, 4.69) is 34.0 Å². The highest BCUT2D eigenvalue weighted by atomic mass is 16.5. The first-order valence-corrected chi connectivity index (χ1v) is 7.07. The van der Waals surface area contributed by atoms with Gasteiger partial charge in [-0.25, -0.2) is 9.97 Å². The van der Waals surface area contributed by atoms with Crippen molar-refractivity contribution in [2.24, 2.45) is 5.92 Å². The van der Waals surface area contributed by atoms with Crippen LogP contribution >= 0.6 is 0 Å². The lowest BCUT2D eigenvalue weighted by molar-refractivity contribution is 0.122. The molecule has 1 aromatic heterocycles. The fourth-order valence-electron chi connectivity index (χ4n) is 2.09. The summed E-state index contributed by atoms with van der Waals surface area (Å²) in [5.74, 6) is 3.45. The standard InChI is InChI=1S/C14H24N4O/c1-11(2)4-5-15-13-10-14(17-12(3)16-13)18-6-8-19-9-7-18/h10-11H,4-9H2,1-3H3,(H,15,16,17). The minimum Gasteiger partial charge on any atom is -0.378 e. The van der Waals surface area contributed by atoms with Crippen LogP contribution in [0, 0.1) is 12.8 Å². The van der Waals surface area contributed by atoms with Crippen molar-refractivity contribution in [2.75, 3.05) is 43.1 Å². The molecule has 5 nitrogen and oxygen atoms in total. The van der Waals surface area contributed by atoms with Gasteiger partial charge < -0.3 is 15.0 Å². The monoisotopic (exact) mass is 264 g/mol. The molecule has 1 fully saturated rings. The van der Waals surface area contributed by atoms with Crippen LogP contribution in [0.5, 0.6) is 0 Å². The van der Waals surface area contributed by atoms with Gasteiger partial charge in [0, 0.05) is 25.7 Å². The molecule has 0 aliphatic carbocycles. The summed E-state index contributed by atoms with van der Waals surface area (Å²) in [4.78, 5) is 11.2. The summed E-state index contributed by atoms with van der Waals surface area (Å²) < 4.78 is 5.37. The number of aromatic nitrogens is 2. The zero-order valence-electron chi connectivity index (χ0n) is 12.1. The fourth-order valence-corrected chi connectivity index (χ4v) is 2.09. The third-order valence-electron chi connectivity index (χ3n) is 3.19. The minimum atomic E-state index is 0.703. The smallest absolute Gasteiger partial charge is 0.134 e. The van der Waals surface area contributed by atoms with Crippen LogP contribution in [0.15, 0.2) is 6.07 Å². The van der Waals surface area contributed by atoms with Crippen molar-refractivity contribution in [3.05, 3.63) is 11.9 Å². The van der Waals surface area contributed by atoms with Crippen LogP contribution in [0.2, 0.25) is 0 Å². The molecule has 0 amide bonds. The molecule has 106 valence electrons. The van der Waals surface area contributed by atoms with Gasteiger partial charge in [-0.3, -0.25) is 0 Å². The molecular weight excluding hydrogens is 240 g/mol. The second-order valence-corrected chi connectivity index (χ2v) is 5.37. The topological polar surface area (TPSA) is 50.3 Å². The maximum Gasteiger partial charge on any atom is 0.134 e. The molecule has 2 heterocycles. The van der Waals surface area contributed by atoms with Gasteiger partial charge in [0.25, 0.3) is 0 Å². The molecule has 1 aromatic rings. The number of nitrogens with zero attached hydrogens (tertiary/aromatic N) is 3. The molecular formula is C14H24N4O. The molecule has 1 aliphatic heterocycles. The van der Waals surface area contributed by atoms with Crippen LogP contribution in [0.25, 0.3) is 0 Å². The third kappa shape index (κ3) is 4.35. The van der Waals surface area contributed by atoms with Gasteiger partial charge in [0.1, 0.15) is 17.5 Å². The van der Waals surface area contributed by atoms with Crippen LogP contribution < -0.4 is 10.2 Å². The van der Waals surface area contributed by atoms with Crippen molar-refractivity contribution >= 4 is 11.6 Å². The maximum atomic E-state index is 5.37. The number of nitrogens with one attached hydrogen (secondary N) is 1. The molecule has 1 N–H and O–H groups in total. The summed E-state index contributed by atoms with van der Waals surface area (Å²) in [5, 5.41) is 3.39. The molecule has 5 heteroatoms. The quantitative estimate of drug-likeness (QED) is 0.882. The van der Waals surface area contributed by atoms with Crippen LogP contribution in [0.1, 0.15) is 26.1 Å². The predicted octanol–water partition coefficient (Wildman–Crippen LogP) is 2.08. The Morgan fingerprint density at radius 2 is 2.05 bits per heavy atom. The zero-order valence-corrected chi connectivity index (χ0v) is 12.1. The minimum absolute atomic E-state index is 0.703. The fraction of sp³-hybridized carbons (Fsp3) is 0.714. The highest BCUT2D eigenvalue weighted by Crippen LogP contribution is 2.17. The Balaban J connectivity index is 2.01. The molecule has 1 saturated heterocycles. The highest BCUT2D eigenvalue weighted by Gasteiger charge is 2.13. The normalized spacial score (nSPS) is 15.9. The first-order valence-electron chi connectivity index (χ1n) is 7.07. The SMILES string of the molecule is Cc1nc(NCCC(C)C)cc(N2CCOCC2)n1. The first kappa shape index (κ1) is 14.1. The van der Waals surface area contributed by atoms with Gasteiger partial charge in [0.2, 0.25) is 0 Å². The van der Waals surface area contributed by atoms with E-state index in [4.69, 9.17) is 4.74 Å². The Morgan fingerprint density at radius 3 is 2.74 bits per heavy atom. The van der Waals surface area contributed by atoms with E-state index >= 15 is 0 Å². The van der Waals surface area contributed by atoms with E-state index in [1.54, 1.807) is 0 Å². The lowest BCUT2D eigenvalue weighted by atomic mass is 10.1. The summed E-state index contributed by atoms with van der Waals surface area (Å²) in [7, 11) is 0. The molecule has 0 saturated carbocycles. The van der Waals surface area contributed by atoms with Crippen LogP contribution in [-0.4, -0.2) is 42.8 Å². The number of rotatable bonds is 5. The molecule has 0 unspecified atom stereocenters. The van der Waals surface area contributed by atoms with Gasteiger partial charge in [-0.05, 0) is 19.3 Å². The molecule has 0 atom stereocenters. The van der Waals surface area contributed by atoms with Gasteiger partial charge in [-0.2, -0.15) is 0 Å². The first-order chi connectivity index (χ1) is 9.15. The number of hydrogen-bond acceptors (Lipinski definition) is 5. The molecule has 0 aromatic carbocycles. The van der Waals surface area contributed by atoms with Gasteiger partial charge in [0.15, 0.2) is 0 Å². The van der Waals surface area contributed by atoms with Gasteiger partial charge >= 0.3 is 0 Å². The van der Waals surface area contributed by atoms with Gasteiger partial charge in [0.05, 0.1) is 13.2 Å². The van der Waals surface area contributed by atoms with Crippen molar-refractivity contribution in [1.82, 2.24) is 9.97 Å². The summed E-state index contributed by atoms with van der Waals surface area (Å²) in [6.45, 7) is 10.7. The third-order valence-corrected chi connectivity index (χ3v) is 3.19.